The third-order valence-electron chi connectivity index (χ3n) is 2.75. The molecular formula is C11H16N2O2. The van der Waals surface area contributed by atoms with Crippen molar-refractivity contribution in [3.63, 3.8) is 0 Å². The van der Waals surface area contributed by atoms with E-state index in [1.165, 1.54) is 24.2 Å². The van der Waals surface area contributed by atoms with Crippen molar-refractivity contribution in [2.24, 2.45) is 0 Å². The predicted octanol–water partition coefficient (Wildman–Crippen LogP) is 1.87. The number of hydrogen-bond donors (Lipinski definition) is 2. The number of imidazole rings is 1. The zero-order valence-corrected chi connectivity index (χ0v) is 8.92. The van der Waals surface area contributed by atoms with Crippen LogP contribution in [0.5, 0.6) is 0 Å². The molecule has 82 valence electrons. The molecule has 2 rings (SSSR count). The Morgan fingerprint density at radius 1 is 1.60 bits per heavy atom. The number of carbonyl (C=O) groups is 1. The molecule has 1 heterocycles. The molecule has 4 nitrogen and oxygen atoms in total. The first-order valence-corrected chi connectivity index (χ1v) is 5.50. The lowest BCUT2D eigenvalue weighted by atomic mass is 10.2. The molecule has 0 amide bonds. The van der Waals surface area contributed by atoms with Crippen LogP contribution >= 0.6 is 0 Å². The van der Waals surface area contributed by atoms with Gasteiger partial charge in [-0.1, -0.05) is 6.92 Å². The summed E-state index contributed by atoms with van der Waals surface area (Å²) in [6.45, 7) is 2.10. The molecular weight excluding hydrogens is 192 g/mol. The SMILES string of the molecule is CCc1[nH]c(CCC(=O)O)nc1C1CC1. The monoisotopic (exact) mass is 208 g/mol. The second-order valence-corrected chi connectivity index (χ2v) is 4.07. The van der Waals surface area contributed by atoms with Crippen LogP contribution in [-0.4, -0.2) is 21.0 Å². The van der Waals surface area contributed by atoms with Crippen LogP contribution in [0.2, 0.25) is 0 Å². The predicted molar refractivity (Wildman–Crippen MR) is 55.9 cm³/mol. The van der Waals surface area contributed by atoms with Crippen molar-refractivity contribution in [3.05, 3.63) is 17.2 Å². The third kappa shape index (κ3) is 2.37. The molecule has 0 aliphatic heterocycles. The van der Waals surface area contributed by atoms with Gasteiger partial charge in [0.2, 0.25) is 0 Å². The molecule has 0 spiro atoms. The number of aromatic nitrogens is 2. The van der Waals surface area contributed by atoms with E-state index >= 15 is 0 Å². The Morgan fingerprint density at radius 3 is 2.87 bits per heavy atom. The van der Waals surface area contributed by atoms with E-state index in [1.54, 1.807) is 0 Å². The van der Waals surface area contributed by atoms with Crippen molar-refractivity contribution in [1.82, 2.24) is 9.97 Å². The number of hydrogen-bond acceptors (Lipinski definition) is 2. The third-order valence-corrected chi connectivity index (χ3v) is 2.75. The molecule has 0 saturated heterocycles. The molecule has 1 saturated carbocycles. The molecule has 0 unspecified atom stereocenters. The van der Waals surface area contributed by atoms with Crippen LogP contribution in [0.4, 0.5) is 0 Å². The molecule has 2 N–H and O–H groups in total. The van der Waals surface area contributed by atoms with E-state index in [-0.39, 0.29) is 6.42 Å². The number of nitrogens with zero attached hydrogens (tertiary/aromatic N) is 1. The summed E-state index contributed by atoms with van der Waals surface area (Å²) in [4.78, 5) is 18.2. The molecule has 1 aliphatic carbocycles. The van der Waals surface area contributed by atoms with Crippen molar-refractivity contribution >= 4 is 5.97 Å². The number of aromatic amines is 1. The number of H-pyrrole nitrogens is 1. The summed E-state index contributed by atoms with van der Waals surface area (Å²) in [5.74, 6) is 0.698. The van der Waals surface area contributed by atoms with Gasteiger partial charge in [0.05, 0.1) is 12.1 Å². The highest BCUT2D eigenvalue weighted by Crippen LogP contribution is 2.40. The fourth-order valence-corrected chi connectivity index (χ4v) is 1.79. The summed E-state index contributed by atoms with van der Waals surface area (Å²) in [6, 6.07) is 0. The number of aryl methyl sites for hydroxylation is 2. The number of carboxylic acids is 1. The minimum absolute atomic E-state index is 0.154. The Balaban J connectivity index is 2.08. The molecule has 4 heteroatoms. The fraction of sp³-hybridized carbons (Fsp3) is 0.636. The second-order valence-electron chi connectivity index (χ2n) is 4.07. The highest BCUT2D eigenvalue weighted by molar-refractivity contribution is 5.66. The first-order valence-electron chi connectivity index (χ1n) is 5.50. The topological polar surface area (TPSA) is 66.0 Å². The van der Waals surface area contributed by atoms with Crippen molar-refractivity contribution < 1.29 is 9.90 Å². The van der Waals surface area contributed by atoms with Gasteiger partial charge in [-0.25, -0.2) is 4.98 Å². The molecule has 1 fully saturated rings. The van der Waals surface area contributed by atoms with Gasteiger partial charge in [0.1, 0.15) is 5.82 Å². The standard InChI is InChI=1S/C11H16N2O2/c1-2-8-11(7-3-4-7)13-9(12-8)5-6-10(14)15/h7H,2-6H2,1H3,(H,12,13)(H,14,15). The van der Waals surface area contributed by atoms with E-state index in [4.69, 9.17) is 5.11 Å². The van der Waals surface area contributed by atoms with Crippen LogP contribution in [0.25, 0.3) is 0 Å². The van der Waals surface area contributed by atoms with Crippen LogP contribution in [0, 0.1) is 0 Å². The number of rotatable bonds is 5. The van der Waals surface area contributed by atoms with Crippen LogP contribution in [0.15, 0.2) is 0 Å². The van der Waals surface area contributed by atoms with Crippen molar-refractivity contribution in [2.45, 2.75) is 44.9 Å². The average Bonchev–Trinajstić information content (AvgIpc) is 2.96. The zero-order valence-electron chi connectivity index (χ0n) is 8.92. The molecule has 0 bridgehead atoms. The van der Waals surface area contributed by atoms with Crippen LogP contribution in [-0.2, 0) is 17.6 Å². The smallest absolute Gasteiger partial charge is 0.303 e. The van der Waals surface area contributed by atoms with Crippen LogP contribution in [0.1, 0.15) is 49.3 Å². The zero-order chi connectivity index (χ0) is 10.8. The van der Waals surface area contributed by atoms with Gasteiger partial charge in [0, 0.05) is 18.0 Å². The molecule has 0 atom stereocenters. The van der Waals surface area contributed by atoms with E-state index in [0.29, 0.717) is 12.3 Å². The lowest BCUT2D eigenvalue weighted by Crippen LogP contribution is -1.98. The highest BCUT2D eigenvalue weighted by atomic mass is 16.4. The van der Waals surface area contributed by atoms with Crippen molar-refractivity contribution in [1.29, 1.82) is 0 Å². The molecule has 1 aromatic rings. The Hall–Kier alpha value is -1.32. The minimum atomic E-state index is -0.766. The Labute approximate surface area is 88.7 Å². The first-order chi connectivity index (χ1) is 7.20. The molecule has 0 aromatic carbocycles. The van der Waals surface area contributed by atoms with Gasteiger partial charge in [0.25, 0.3) is 0 Å². The number of aliphatic carboxylic acids is 1. The second kappa shape index (κ2) is 4.04. The van der Waals surface area contributed by atoms with Gasteiger partial charge >= 0.3 is 5.97 Å². The Bertz CT molecular complexity index is 367. The minimum Gasteiger partial charge on any atom is -0.481 e. The Morgan fingerprint density at radius 2 is 2.33 bits per heavy atom. The van der Waals surface area contributed by atoms with Gasteiger partial charge in [-0.3, -0.25) is 4.79 Å². The van der Waals surface area contributed by atoms with Crippen molar-refractivity contribution in [2.75, 3.05) is 0 Å². The summed E-state index contributed by atoms with van der Waals surface area (Å²) in [5.41, 5.74) is 2.37. The molecule has 15 heavy (non-hydrogen) atoms. The van der Waals surface area contributed by atoms with Gasteiger partial charge in [-0.2, -0.15) is 0 Å². The maximum atomic E-state index is 10.4. The highest BCUT2D eigenvalue weighted by Gasteiger charge is 2.28. The quantitative estimate of drug-likeness (QED) is 0.776. The lowest BCUT2D eigenvalue weighted by Gasteiger charge is -1.93. The molecule has 0 radical (unpaired) electrons. The fourth-order valence-electron chi connectivity index (χ4n) is 1.79. The van der Waals surface area contributed by atoms with Gasteiger partial charge in [0.15, 0.2) is 0 Å². The summed E-state index contributed by atoms with van der Waals surface area (Å²) in [7, 11) is 0. The van der Waals surface area contributed by atoms with E-state index in [1.807, 2.05) is 0 Å². The Kier molecular flexibility index (Phi) is 2.75. The van der Waals surface area contributed by atoms with E-state index in [9.17, 15) is 4.79 Å². The van der Waals surface area contributed by atoms with Gasteiger partial charge in [-0.15, -0.1) is 0 Å². The van der Waals surface area contributed by atoms with Crippen molar-refractivity contribution in [3.8, 4) is 0 Å². The molecule has 1 aromatic heterocycles. The number of carboxylic acid groups (broad SMARTS) is 1. The van der Waals surface area contributed by atoms with Gasteiger partial charge in [-0.05, 0) is 19.3 Å². The summed E-state index contributed by atoms with van der Waals surface area (Å²) in [6.07, 6.45) is 4.08. The largest absolute Gasteiger partial charge is 0.481 e. The van der Waals surface area contributed by atoms with E-state index < -0.39 is 5.97 Å². The van der Waals surface area contributed by atoms with E-state index in [2.05, 4.69) is 16.9 Å². The summed E-state index contributed by atoms with van der Waals surface area (Å²) < 4.78 is 0. The normalized spacial score (nSPS) is 15.5. The number of nitrogens with one attached hydrogen (secondary N) is 1. The summed E-state index contributed by atoms with van der Waals surface area (Å²) in [5, 5.41) is 8.59. The maximum Gasteiger partial charge on any atom is 0.303 e. The van der Waals surface area contributed by atoms with Gasteiger partial charge < -0.3 is 10.1 Å². The summed E-state index contributed by atoms with van der Waals surface area (Å²) >= 11 is 0. The first kappa shape index (κ1) is 10.2. The average molecular weight is 208 g/mol. The van der Waals surface area contributed by atoms with E-state index in [0.717, 1.165) is 12.2 Å². The van der Waals surface area contributed by atoms with Crippen LogP contribution in [0.3, 0.4) is 0 Å². The lowest BCUT2D eigenvalue weighted by molar-refractivity contribution is -0.137. The van der Waals surface area contributed by atoms with Crippen LogP contribution < -0.4 is 0 Å². The maximum absolute atomic E-state index is 10.4. The molecule has 1 aliphatic rings.